The number of methoxy groups -OCH3 is 2. The molecule has 2 heterocycles. The Kier molecular flexibility index (Phi) is 7.55. The third kappa shape index (κ3) is 4.95. The first kappa shape index (κ1) is 24.5. The molecule has 1 unspecified atom stereocenters. The normalized spacial score (nSPS) is 15.7. The molecular formula is C26H30N4O4S. The van der Waals surface area contributed by atoms with Crippen LogP contribution >= 0.6 is 12.2 Å². The minimum absolute atomic E-state index is 0.302. The molecule has 184 valence electrons. The summed E-state index contributed by atoms with van der Waals surface area (Å²) in [6.07, 6.45) is 0.939. The quantitative estimate of drug-likeness (QED) is 0.402. The molecule has 0 bridgehead atoms. The molecule has 0 spiro atoms. The molecular weight excluding hydrogens is 464 g/mol. The number of thiocarbonyl (C=S) groups is 1. The van der Waals surface area contributed by atoms with Crippen LogP contribution in [0, 0.1) is 0 Å². The van der Waals surface area contributed by atoms with Crippen LogP contribution in [0.1, 0.15) is 44.7 Å². The molecule has 1 aliphatic heterocycles. The second-order valence-electron chi connectivity index (χ2n) is 8.03. The van der Waals surface area contributed by atoms with Crippen molar-refractivity contribution in [2.24, 2.45) is 0 Å². The minimum Gasteiger partial charge on any atom is -0.494 e. The summed E-state index contributed by atoms with van der Waals surface area (Å²) in [6, 6.07) is 13.1. The van der Waals surface area contributed by atoms with Gasteiger partial charge in [-0.05, 0) is 74.4 Å². The zero-order valence-corrected chi connectivity index (χ0v) is 21.4. The number of rotatable bonds is 9. The number of hydrogen-bond donors (Lipinski definition) is 1. The molecule has 0 aliphatic carbocycles. The Bertz CT molecular complexity index is 1220. The van der Waals surface area contributed by atoms with Crippen LogP contribution in [0.4, 0.5) is 0 Å². The van der Waals surface area contributed by atoms with Crippen LogP contribution in [0.5, 0.6) is 17.2 Å². The first-order valence-corrected chi connectivity index (χ1v) is 12.0. The fourth-order valence-electron chi connectivity index (χ4n) is 4.15. The highest BCUT2D eigenvalue weighted by atomic mass is 32.1. The van der Waals surface area contributed by atoms with Gasteiger partial charge in [0.25, 0.3) is 5.89 Å². The number of benzene rings is 2. The van der Waals surface area contributed by atoms with Gasteiger partial charge in [-0.3, -0.25) is 0 Å². The number of ether oxygens (including phenoxy) is 3. The van der Waals surface area contributed by atoms with Crippen molar-refractivity contribution in [3.05, 3.63) is 59.6 Å². The van der Waals surface area contributed by atoms with Crippen LogP contribution in [0.25, 0.3) is 17.0 Å². The number of nitrogens with one attached hydrogen (secondary N) is 1. The van der Waals surface area contributed by atoms with E-state index in [0.717, 1.165) is 41.1 Å². The fraction of sp³-hybridized carbons (Fsp3) is 0.346. The maximum Gasteiger partial charge on any atom is 0.258 e. The molecule has 1 aromatic heterocycles. The van der Waals surface area contributed by atoms with Crippen molar-refractivity contribution in [2.45, 2.75) is 33.2 Å². The number of allylic oxidation sites excluding steroid dienone is 1. The van der Waals surface area contributed by atoms with Crippen LogP contribution in [0.2, 0.25) is 0 Å². The second kappa shape index (κ2) is 10.8. The predicted molar refractivity (Wildman–Crippen MR) is 139 cm³/mol. The minimum atomic E-state index is -0.302. The largest absolute Gasteiger partial charge is 0.494 e. The van der Waals surface area contributed by atoms with E-state index in [-0.39, 0.29) is 6.04 Å². The highest BCUT2D eigenvalue weighted by molar-refractivity contribution is 7.80. The first-order chi connectivity index (χ1) is 17.0. The van der Waals surface area contributed by atoms with Gasteiger partial charge in [0.1, 0.15) is 5.75 Å². The first-order valence-electron chi connectivity index (χ1n) is 11.6. The van der Waals surface area contributed by atoms with Gasteiger partial charge in [0, 0.05) is 17.8 Å². The lowest BCUT2D eigenvalue weighted by atomic mass is 9.94. The average molecular weight is 495 g/mol. The maximum atomic E-state index is 5.81. The number of nitrogens with zero attached hydrogens (tertiary/aromatic N) is 3. The summed E-state index contributed by atoms with van der Waals surface area (Å²) >= 11 is 5.72. The Balaban J connectivity index is 1.77. The van der Waals surface area contributed by atoms with Gasteiger partial charge in [0.2, 0.25) is 5.82 Å². The average Bonchev–Trinajstić information content (AvgIpc) is 3.36. The topological polar surface area (TPSA) is 81.9 Å². The summed E-state index contributed by atoms with van der Waals surface area (Å²) in [5.74, 6) is 3.02. The van der Waals surface area contributed by atoms with Crippen molar-refractivity contribution in [3.63, 3.8) is 0 Å². The molecule has 0 fully saturated rings. The molecule has 8 nitrogen and oxygen atoms in total. The Hall–Kier alpha value is -3.59. The third-order valence-corrected chi connectivity index (χ3v) is 6.20. The van der Waals surface area contributed by atoms with Gasteiger partial charge in [0.05, 0.1) is 32.4 Å². The van der Waals surface area contributed by atoms with E-state index in [2.05, 4.69) is 22.3 Å². The molecule has 0 saturated heterocycles. The Labute approximate surface area is 210 Å². The standard InChI is InChI=1S/C26H30N4O4S/c1-6-14-30-16(3)22(23(27-26(30)35)18-10-13-20(31-4)21(15-18)32-5)25-28-24(29-34-25)17-8-11-19(12-9-17)33-7-2/h8-13,15,23H,6-7,14H2,1-5H3,(H,27,35). The number of hydrogen-bond acceptors (Lipinski definition) is 7. The smallest absolute Gasteiger partial charge is 0.258 e. The van der Waals surface area contributed by atoms with Gasteiger partial charge in [-0.15, -0.1) is 0 Å². The van der Waals surface area contributed by atoms with Crippen LogP contribution in [-0.2, 0) is 0 Å². The van der Waals surface area contributed by atoms with E-state index in [1.165, 1.54) is 0 Å². The van der Waals surface area contributed by atoms with Crippen molar-refractivity contribution >= 4 is 22.9 Å². The zero-order valence-electron chi connectivity index (χ0n) is 20.6. The highest BCUT2D eigenvalue weighted by Gasteiger charge is 2.34. The predicted octanol–water partition coefficient (Wildman–Crippen LogP) is 5.22. The van der Waals surface area contributed by atoms with E-state index >= 15 is 0 Å². The molecule has 1 N–H and O–H groups in total. The van der Waals surface area contributed by atoms with Gasteiger partial charge >= 0.3 is 0 Å². The van der Waals surface area contributed by atoms with Crippen molar-refractivity contribution < 1.29 is 18.7 Å². The fourth-order valence-corrected chi connectivity index (χ4v) is 4.50. The summed E-state index contributed by atoms with van der Waals surface area (Å²) in [7, 11) is 3.23. The van der Waals surface area contributed by atoms with Gasteiger partial charge in [-0.25, -0.2) is 0 Å². The van der Waals surface area contributed by atoms with E-state index in [1.807, 2.05) is 56.3 Å². The summed E-state index contributed by atoms with van der Waals surface area (Å²) in [5, 5.41) is 8.38. The van der Waals surface area contributed by atoms with Crippen molar-refractivity contribution in [1.29, 1.82) is 0 Å². The molecule has 0 radical (unpaired) electrons. The van der Waals surface area contributed by atoms with E-state index in [1.54, 1.807) is 14.2 Å². The van der Waals surface area contributed by atoms with Crippen molar-refractivity contribution in [3.8, 4) is 28.6 Å². The maximum absolute atomic E-state index is 5.81. The summed E-state index contributed by atoms with van der Waals surface area (Å²) in [6.45, 7) is 7.49. The lowest BCUT2D eigenvalue weighted by Crippen LogP contribution is -2.46. The number of aromatic nitrogens is 2. The van der Waals surface area contributed by atoms with Crippen LogP contribution in [0.15, 0.2) is 52.7 Å². The summed E-state index contributed by atoms with van der Waals surface area (Å²) < 4.78 is 22.3. The van der Waals surface area contributed by atoms with Crippen LogP contribution in [-0.4, -0.2) is 47.5 Å². The monoisotopic (exact) mass is 494 g/mol. The van der Waals surface area contributed by atoms with Gasteiger partial charge < -0.3 is 29.0 Å². The molecule has 1 aliphatic rings. The molecule has 1 atom stereocenters. The third-order valence-electron chi connectivity index (χ3n) is 5.86. The van der Waals surface area contributed by atoms with Crippen molar-refractivity contribution in [2.75, 3.05) is 27.4 Å². The zero-order chi connectivity index (χ0) is 24.9. The molecule has 35 heavy (non-hydrogen) atoms. The van der Waals surface area contributed by atoms with Gasteiger partial charge in [-0.2, -0.15) is 4.98 Å². The van der Waals surface area contributed by atoms with Crippen molar-refractivity contribution in [1.82, 2.24) is 20.4 Å². The molecule has 0 saturated carbocycles. The summed E-state index contributed by atoms with van der Waals surface area (Å²) in [5.41, 5.74) is 3.62. The SMILES string of the molecule is CCCN1C(=S)NC(c2ccc(OC)c(OC)c2)C(c2nc(-c3ccc(OCC)cc3)no2)=C1C. The Morgan fingerprint density at radius 1 is 1.06 bits per heavy atom. The lowest BCUT2D eigenvalue weighted by Gasteiger charge is -2.37. The molecule has 9 heteroatoms. The van der Waals surface area contributed by atoms with Gasteiger partial charge in [0.15, 0.2) is 16.6 Å². The molecule has 4 rings (SSSR count). The summed E-state index contributed by atoms with van der Waals surface area (Å²) in [4.78, 5) is 6.83. The Morgan fingerprint density at radius 2 is 1.80 bits per heavy atom. The van der Waals surface area contributed by atoms with E-state index in [0.29, 0.717) is 34.9 Å². The molecule has 3 aromatic rings. The van der Waals surface area contributed by atoms with E-state index < -0.39 is 0 Å². The highest BCUT2D eigenvalue weighted by Crippen LogP contribution is 2.40. The lowest BCUT2D eigenvalue weighted by molar-refractivity contribution is 0.340. The van der Waals surface area contributed by atoms with Crippen LogP contribution < -0.4 is 19.5 Å². The molecule has 0 amide bonds. The Morgan fingerprint density at radius 3 is 2.46 bits per heavy atom. The van der Waals surface area contributed by atoms with Gasteiger partial charge in [-0.1, -0.05) is 18.1 Å². The van der Waals surface area contributed by atoms with E-state index in [4.69, 9.17) is 35.9 Å². The van der Waals surface area contributed by atoms with Crippen LogP contribution in [0.3, 0.4) is 0 Å². The molecule has 2 aromatic carbocycles. The van der Waals surface area contributed by atoms with E-state index in [9.17, 15) is 0 Å². The second-order valence-corrected chi connectivity index (χ2v) is 8.41.